The molecule has 4 heterocycles. The predicted molar refractivity (Wildman–Crippen MR) is 153 cm³/mol. The Morgan fingerprint density at radius 2 is 2.00 bits per heavy atom. The second-order valence-electron chi connectivity index (χ2n) is 10.6. The predicted octanol–water partition coefficient (Wildman–Crippen LogP) is 3.65. The summed E-state index contributed by atoms with van der Waals surface area (Å²) in [6.07, 6.45) is 0.0184. The average molecular weight is 619 g/mol. The standard InChI is InChI=1S/C27H35N6O9P/c1-5-37-24-21-23(31-25(28)32-24)33(15-29-21)20-11-27(4,35)19(41-20)14-39-43(36,30-12-17-9-7-6-8-10-17)38-13-18-22(16(2)3)42-26(34)40-18/h6-10,15-16,19-20,35H,5,11-14H2,1-4H3,(H,30,36)(H2,28,31,32). The summed E-state index contributed by atoms with van der Waals surface area (Å²) in [6.45, 7) is 6.90. The van der Waals surface area contributed by atoms with Crippen molar-refractivity contribution < 1.29 is 37.0 Å². The number of aromatic nitrogens is 4. The highest BCUT2D eigenvalue weighted by Gasteiger charge is 2.46. The molecule has 1 aliphatic rings. The van der Waals surface area contributed by atoms with Gasteiger partial charge in [0.2, 0.25) is 11.8 Å². The van der Waals surface area contributed by atoms with Gasteiger partial charge < -0.3 is 29.1 Å². The lowest BCUT2D eigenvalue weighted by Crippen LogP contribution is -2.38. The number of imidazole rings is 1. The van der Waals surface area contributed by atoms with E-state index in [2.05, 4.69) is 20.0 Å². The highest BCUT2D eigenvalue weighted by Crippen LogP contribution is 2.47. The number of fused-ring (bicyclic) bond motifs is 1. The van der Waals surface area contributed by atoms with Gasteiger partial charge in [-0.05, 0) is 19.4 Å². The summed E-state index contributed by atoms with van der Waals surface area (Å²) >= 11 is 0. The van der Waals surface area contributed by atoms with Gasteiger partial charge in [0, 0.05) is 18.9 Å². The minimum Gasteiger partial charge on any atom is -0.476 e. The van der Waals surface area contributed by atoms with Gasteiger partial charge >= 0.3 is 13.6 Å². The van der Waals surface area contributed by atoms with Gasteiger partial charge in [0.25, 0.3) is 0 Å². The molecule has 16 heteroatoms. The largest absolute Gasteiger partial charge is 0.519 e. The van der Waals surface area contributed by atoms with Crippen LogP contribution in [-0.2, 0) is 31.5 Å². The van der Waals surface area contributed by atoms with Gasteiger partial charge in [0.1, 0.15) is 18.9 Å². The molecule has 5 rings (SSSR count). The highest BCUT2D eigenvalue weighted by molar-refractivity contribution is 7.51. The molecule has 4 unspecified atom stereocenters. The Kier molecular flexibility index (Phi) is 9.02. The van der Waals surface area contributed by atoms with Crippen LogP contribution >= 0.6 is 7.75 Å². The molecule has 4 N–H and O–H groups in total. The van der Waals surface area contributed by atoms with Crippen LogP contribution in [0.5, 0.6) is 5.88 Å². The van der Waals surface area contributed by atoms with E-state index in [4.69, 9.17) is 33.1 Å². The monoisotopic (exact) mass is 618 g/mol. The summed E-state index contributed by atoms with van der Waals surface area (Å²) < 4.78 is 49.0. The minimum absolute atomic E-state index is 0.000926. The molecule has 3 aromatic heterocycles. The molecule has 0 aliphatic carbocycles. The number of nitrogens with one attached hydrogen (secondary N) is 1. The van der Waals surface area contributed by atoms with Crippen LogP contribution in [-0.4, -0.2) is 49.5 Å². The molecule has 43 heavy (non-hydrogen) atoms. The van der Waals surface area contributed by atoms with Crippen LogP contribution in [0.25, 0.3) is 11.2 Å². The summed E-state index contributed by atoms with van der Waals surface area (Å²) in [5.74, 6) is -0.428. The molecule has 1 saturated heterocycles. The summed E-state index contributed by atoms with van der Waals surface area (Å²) in [4.78, 5) is 24.5. The van der Waals surface area contributed by atoms with Gasteiger partial charge in [-0.15, -0.1) is 0 Å². The molecule has 1 aromatic carbocycles. The van der Waals surface area contributed by atoms with Crippen molar-refractivity contribution in [3.8, 4) is 5.88 Å². The van der Waals surface area contributed by atoms with Crippen LogP contribution in [0.1, 0.15) is 63.3 Å². The topological polar surface area (TPSA) is 199 Å². The van der Waals surface area contributed by atoms with Gasteiger partial charge in [-0.3, -0.25) is 13.6 Å². The first-order valence-electron chi connectivity index (χ1n) is 13.8. The lowest BCUT2D eigenvalue weighted by Gasteiger charge is -2.26. The molecule has 0 saturated carbocycles. The van der Waals surface area contributed by atoms with E-state index in [-0.39, 0.29) is 55.4 Å². The third-order valence-corrected chi connectivity index (χ3v) is 8.38. The van der Waals surface area contributed by atoms with Gasteiger partial charge in [-0.2, -0.15) is 9.97 Å². The van der Waals surface area contributed by atoms with Crippen LogP contribution < -0.4 is 21.4 Å². The Morgan fingerprint density at radius 3 is 2.72 bits per heavy atom. The summed E-state index contributed by atoms with van der Waals surface area (Å²) in [6, 6.07) is 9.25. The van der Waals surface area contributed by atoms with E-state index in [1.807, 2.05) is 51.1 Å². The smallest absolute Gasteiger partial charge is 0.476 e. The van der Waals surface area contributed by atoms with Crippen molar-refractivity contribution in [1.29, 1.82) is 0 Å². The minimum atomic E-state index is -4.06. The zero-order valence-corrected chi connectivity index (χ0v) is 25.2. The van der Waals surface area contributed by atoms with Crippen molar-refractivity contribution >= 4 is 24.9 Å². The Morgan fingerprint density at radius 1 is 1.23 bits per heavy atom. The van der Waals surface area contributed by atoms with E-state index in [1.165, 1.54) is 6.33 Å². The number of nitrogens with zero attached hydrogens (tertiary/aromatic N) is 4. The highest BCUT2D eigenvalue weighted by atomic mass is 31.2. The van der Waals surface area contributed by atoms with Gasteiger partial charge in [-0.1, -0.05) is 44.2 Å². The van der Waals surface area contributed by atoms with E-state index in [1.54, 1.807) is 11.5 Å². The van der Waals surface area contributed by atoms with E-state index >= 15 is 0 Å². The first-order chi connectivity index (χ1) is 20.5. The fraction of sp³-hybridized carbons (Fsp3) is 0.481. The Hall–Kier alpha value is -3.59. The van der Waals surface area contributed by atoms with Crippen molar-refractivity contribution in [3.63, 3.8) is 0 Å². The molecular formula is C27H35N6O9P. The second kappa shape index (κ2) is 12.6. The number of nitrogen functional groups attached to an aromatic ring is 1. The van der Waals surface area contributed by atoms with Crippen LogP contribution in [0.4, 0.5) is 5.95 Å². The van der Waals surface area contributed by atoms with Gasteiger partial charge in [0.15, 0.2) is 22.7 Å². The van der Waals surface area contributed by atoms with Crippen LogP contribution in [0.2, 0.25) is 0 Å². The lowest BCUT2D eigenvalue weighted by atomic mass is 9.98. The number of anilines is 1. The zero-order chi connectivity index (χ0) is 30.8. The summed E-state index contributed by atoms with van der Waals surface area (Å²) in [5.41, 5.74) is 6.10. The number of nitrogens with two attached hydrogens (primary N) is 1. The molecule has 0 radical (unpaired) electrons. The maximum atomic E-state index is 13.9. The van der Waals surface area contributed by atoms with Crippen molar-refractivity contribution in [2.24, 2.45) is 0 Å². The molecule has 232 valence electrons. The van der Waals surface area contributed by atoms with Crippen molar-refractivity contribution in [2.75, 3.05) is 18.9 Å². The van der Waals surface area contributed by atoms with Crippen LogP contribution in [0.15, 0.2) is 50.3 Å². The summed E-state index contributed by atoms with van der Waals surface area (Å²) in [7, 11) is -4.06. The first kappa shape index (κ1) is 30.9. The molecule has 1 aliphatic heterocycles. The van der Waals surface area contributed by atoms with E-state index < -0.39 is 31.5 Å². The molecule has 15 nitrogen and oxygen atoms in total. The Balaban J connectivity index is 1.33. The molecule has 0 spiro atoms. The summed E-state index contributed by atoms with van der Waals surface area (Å²) in [5, 5.41) is 14.1. The molecule has 0 bridgehead atoms. The SMILES string of the molecule is CCOc1nc(N)nc2c1ncn2C1CC(C)(O)C(COP(=O)(NCc2ccccc2)OCc2oc(=O)oc2C(C)C)O1. The van der Waals surface area contributed by atoms with Gasteiger partial charge in [-0.25, -0.2) is 19.4 Å². The quantitative estimate of drug-likeness (QED) is 0.183. The average Bonchev–Trinajstić information content (AvgIpc) is 3.64. The van der Waals surface area contributed by atoms with Crippen molar-refractivity contribution in [1.82, 2.24) is 24.6 Å². The number of hydrogen-bond acceptors (Lipinski definition) is 13. The molecule has 4 atom stereocenters. The van der Waals surface area contributed by atoms with E-state index in [9.17, 15) is 14.5 Å². The maximum Gasteiger partial charge on any atom is 0.519 e. The van der Waals surface area contributed by atoms with Crippen LogP contribution in [0, 0.1) is 0 Å². The molecular weight excluding hydrogens is 583 g/mol. The van der Waals surface area contributed by atoms with E-state index in [0.717, 1.165) is 5.56 Å². The Bertz CT molecular complexity index is 1650. The number of aliphatic hydroxyl groups is 1. The normalized spacial score (nSPS) is 21.9. The van der Waals surface area contributed by atoms with E-state index in [0.29, 0.717) is 17.8 Å². The van der Waals surface area contributed by atoms with Crippen molar-refractivity contribution in [3.05, 3.63) is 64.4 Å². The third kappa shape index (κ3) is 6.98. The molecule has 4 aromatic rings. The Labute approximate surface area is 246 Å². The fourth-order valence-corrected chi connectivity index (χ4v) is 5.94. The second-order valence-corrected chi connectivity index (χ2v) is 12.4. The number of benzene rings is 1. The maximum absolute atomic E-state index is 13.9. The van der Waals surface area contributed by atoms with Crippen molar-refractivity contribution in [2.45, 2.75) is 71.1 Å². The molecule has 1 fully saturated rings. The number of hydrogen-bond donors (Lipinski definition) is 3. The lowest BCUT2D eigenvalue weighted by molar-refractivity contribution is -0.0716. The van der Waals surface area contributed by atoms with Gasteiger partial charge in [0.05, 0.1) is 25.1 Å². The first-order valence-corrected chi connectivity index (χ1v) is 15.3. The van der Waals surface area contributed by atoms with Crippen LogP contribution in [0.3, 0.4) is 0 Å². The molecule has 0 amide bonds. The third-order valence-electron chi connectivity index (χ3n) is 6.88. The number of rotatable bonds is 13. The fourth-order valence-electron chi connectivity index (χ4n) is 4.69. The number of ether oxygens (including phenoxy) is 2. The zero-order valence-electron chi connectivity index (χ0n) is 24.3.